The number of nitriles is 1. The molecule has 0 aromatic rings. The standard InChI is InChI=1S/C31H46N2O3/c1-7-8-22(18-32)27(36)20(2)21-9-10-29(5)23(15-21)16-25(35)26-24-17-28(3,4)11-13-31(24,33-19-34)14-12-30(26,29)6/h8,16,19-21,24,26-27,36H,7,9-15,17H2,1-6H3,(H,33,34)/b22-8-/t20-,21+,24?,26?,27?,29+,30+,31-/m0/s1. The normalized spacial score (nSPS) is 41.5. The number of ketones is 1. The molecule has 4 rings (SSSR count). The second-order valence-corrected chi connectivity index (χ2v) is 13.7. The minimum Gasteiger partial charge on any atom is -0.387 e. The molecule has 0 aromatic carbocycles. The van der Waals surface area contributed by atoms with Gasteiger partial charge in [-0.05, 0) is 97.9 Å². The first-order valence-electron chi connectivity index (χ1n) is 14.1. The molecule has 3 saturated carbocycles. The molecule has 8 atom stereocenters. The van der Waals surface area contributed by atoms with Crippen LogP contribution >= 0.6 is 0 Å². The summed E-state index contributed by atoms with van der Waals surface area (Å²) in [6.07, 6.45) is 12.3. The maximum Gasteiger partial charge on any atom is 0.207 e. The van der Waals surface area contributed by atoms with Gasteiger partial charge in [0.2, 0.25) is 6.41 Å². The molecule has 3 unspecified atom stereocenters. The van der Waals surface area contributed by atoms with Crippen molar-refractivity contribution < 1.29 is 14.7 Å². The predicted octanol–water partition coefficient (Wildman–Crippen LogP) is 5.89. The van der Waals surface area contributed by atoms with Gasteiger partial charge in [0.15, 0.2) is 5.78 Å². The van der Waals surface area contributed by atoms with E-state index in [1.807, 2.05) is 19.1 Å². The summed E-state index contributed by atoms with van der Waals surface area (Å²) in [4.78, 5) is 25.7. The summed E-state index contributed by atoms with van der Waals surface area (Å²) in [5.41, 5.74) is 1.38. The maximum atomic E-state index is 14.0. The zero-order valence-electron chi connectivity index (χ0n) is 23.2. The molecule has 0 radical (unpaired) electrons. The Bertz CT molecular complexity index is 1010. The van der Waals surface area contributed by atoms with E-state index < -0.39 is 6.10 Å². The van der Waals surface area contributed by atoms with Crippen LogP contribution in [-0.2, 0) is 9.59 Å². The molecule has 5 heteroatoms. The summed E-state index contributed by atoms with van der Waals surface area (Å²) in [7, 11) is 0. The highest BCUT2D eigenvalue weighted by Crippen LogP contribution is 2.69. The van der Waals surface area contributed by atoms with E-state index in [-0.39, 0.29) is 51.2 Å². The van der Waals surface area contributed by atoms with Crippen molar-refractivity contribution in [3.8, 4) is 6.07 Å². The minimum atomic E-state index is -0.762. The molecule has 0 aromatic heterocycles. The fourth-order valence-electron chi connectivity index (χ4n) is 8.79. The molecule has 0 aliphatic heterocycles. The smallest absolute Gasteiger partial charge is 0.207 e. The third-order valence-corrected chi connectivity index (χ3v) is 11.5. The van der Waals surface area contributed by atoms with E-state index in [4.69, 9.17) is 0 Å². The van der Waals surface area contributed by atoms with Crippen LogP contribution in [0, 0.1) is 51.2 Å². The van der Waals surface area contributed by atoms with Crippen molar-refractivity contribution in [2.75, 3.05) is 0 Å². The highest BCUT2D eigenvalue weighted by molar-refractivity contribution is 5.95. The third kappa shape index (κ3) is 4.08. The molecule has 0 bridgehead atoms. The summed E-state index contributed by atoms with van der Waals surface area (Å²) in [5, 5.41) is 23.7. The number of aliphatic hydroxyl groups is 1. The molecule has 36 heavy (non-hydrogen) atoms. The Morgan fingerprint density at radius 1 is 1.22 bits per heavy atom. The van der Waals surface area contributed by atoms with E-state index in [2.05, 4.69) is 46.0 Å². The van der Waals surface area contributed by atoms with E-state index in [9.17, 15) is 20.0 Å². The molecule has 0 heterocycles. The highest BCUT2D eigenvalue weighted by Gasteiger charge is 2.66. The van der Waals surface area contributed by atoms with Crippen LogP contribution in [0.15, 0.2) is 23.3 Å². The number of allylic oxidation sites excluding steroid dienone is 3. The van der Waals surface area contributed by atoms with Gasteiger partial charge in [0.05, 0.1) is 17.7 Å². The van der Waals surface area contributed by atoms with Crippen LogP contribution in [0.2, 0.25) is 0 Å². The lowest BCUT2D eigenvalue weighted by atomic mass is 9.39. The Kier molecular flexibility index (Phi) is 7.10. The molecular formula is C31H46N2O3. The minimum absolute atomic E-state index is 0.0385. The number of amides is 1. The quantitative estimate of drug-likeness (QED) is 0.356. The predicted molar refractivity (Wildman–Crippen MR) is 142 cm³/mol. The summed E-state index contributed by atoms with van der Waals surface area (Å²) in [6, 6.07) is 2.20. The topological polar surface area (TPSA) is 90.2 Å². The van der Waals surface area contributed by atoms with Crippen LogP contribution in [0.3, 0.4) is 0 Å². The second-order valence-electron chi connectivity index (χ2n) is 13.7. The first-order chi connectivity index (χ1) is 16.9. The van der Waals surface area contributed by atoms with Crippen molar-refractivity contribution in [2.45, 2.75) is 111 Å². The SMILES string of the molecule is CC/C=C(/C#N)C(O)[C@@H](C)[C@@H]1CC[C@]2(C)C(=CC(=O)C3C4CC(C)(C)CC[C@]4(NC=O)CC[C@]32C)C1. The number of hydrogen-bond donors (Lipinski definition) is 2. The van der Waals surface area contributed by atoms with Crippen LogP contribution < -0.4 is 5.32 Å². The Morgan fingerprint density at radius 2 is 1.92 bits per heavy atom. The third-order valence-electron chi connectivity index (χ3n) is 11.5. The van der Waals surface area contributed by atoms with Gasteiger partial charge < -0.3 is 10.4 Å². The zero-order valence-corrected chi connectivity index (χ0v) is 23.2. The van der Waals surface area contributed by atoms with Crippen molar-refractivity contribution in [2.24, 2.45) is 39.9 Å². The zero-order chi connectivity index (χ0) is 26.5. The van der Waals surface area contributed by atoms with Crippen LogP contribution in [0.25, 0.3) is 0 Å². The molecule has 0 spiro atoms. The molecule has 4 aliphatic carbocycles. The molecular weight excluding hydrogens is 448 g/mol. The Labute approximate surface area is 217 Å². The summed E-state index contributed by atoms with van der Waals surface area (Å²) < 4.78 is 0. The Balaban J connectivity index is 1.67. The summed E-state index contributed by atoms with van der Waals surface area (Å²) >= 11 is 0. The molecule has 3 fully saturated rings. The van der Waals surface area contributed by atoms with E-state index in [1.54, 1.807) is 0 Å². The molecule has 0 saturated heterocycles. The Hall–Kier alpha value is -1.93. The summed E-state index contributed by atoms with van der Waals surface area (Å²) in [6.45, 7) is 13.4. The van der Waals surface area contributed by atoms with Crippen molar-refractivity contribution in [3.63, 3.8) is 0 Å². The van der Waals surface area contributed by atoms with Crippen molar-refractivity contribution in [1.29, 1.82) is 5.26 Å². The van der Waals surface area contributed by atoms with Gasteiger partial charge in [0, 0.05) is 11.5 Å². The van der Waals surface area contributed by atoms with Gasteiger partial charge in [-0.25, -0.2) is 0 Å². The first-order valence-corrected chi connectivity index (χ1v) is 14.1. The molecule has 198 valence electrons. The largest absolute Gasteiger partial charge is 0.387 e. The van der Waals surface area contributed by atoms with Crippen molar-refractivity contribution in [3.05, 3.63) is 23.3 Å². The van der Waals surface area contributed by atoms with Gasteiger partial charge in [-0.15, -0.1) is 0 Å². The fourth-order valence-corrected chi connectivity index (χ4v) is 8.79. The van der Waals surface area contributed by atoms with E-state index in [1.165, 1.54) is 5.57 Å². The monoisotopic (exact) mass is 494 g/mol. The first kappa shape index (κ1) is 27.1. The average Bonchev–Trinajstić information content (AvgIpc) is 2.83. The molecule has 4 aliphatic rings. The lowest BCUT2D eigenvalue weighted by molar-refractivity contribution is -0.157. The number of nitrogens with zero attached hydrogens (tertiary/aromatic N) is 1. The lowest BCUT2D eigenvalue weighted by Crippen LogP contribution is -2.67. The summed E-state index contributed by atoms with van der Waals surface area (Å²) in [5.74, 6) is 0.520. The van der Waals surface area contributed by atoms with E-state index in [0.717, 1.165) is 64.2 Å². The van der Waals surface area contributed by atoms with Crippen LogP contribution in [0.5, 0.6) is 0 Å². The average molecular weight is 495 g/mol. The fraction of sp³-hybridized carbons (Fsp3) is 0.774. The number of carbonyl (C=O) groups is 2. The van der Waals surface area contributed by atoms with Gasteiger partial charge in [0.1, 0.15) is 0 Å². The molecule has 1 amide bonds. The van der Waals surface area contributed by atoms with Crippen LogP contribution in [-0.4, -0.2) is 28.9 Å². The number of aliphatic hydroxyl groups excluding tert-OH is 1. The number of fused-ring (bicyclic) bond motifs is 5. The molecule has 5 nitrogen and oxygen atoms in total. The number of carbonyl (C=O) groups excluding carboxylic acids is 2. The van der Waals surface area contributed by atoms with Crippen LogP contribution in [0.4, 0.5) is 0 Å². The van der Waals surface area contributed by atoms with Gasteiger partial charge in [-0.1, -0.05) is 53.2 Å². The van der Waals surface area contributed by atoms with Crippen molar-refractivity contribution >= 4 is 12.2 Å². The highest BCUT2D eigenvalue weighted by atomic mass is 16.3. The van der Waals surface area contributed by atoms with E-state index >= 15 is 0 Å². The molecule has 2 N–H and O–H groups in total. The lowest BCUT2D eigenvalue weighted by Gasteiger charge is -2.66. The number of hydrogen-bond acceptors (Lipinski definition) is 4. The Morgan fingerprint density at radius 3 is 2.56 bits per heavy atom. The number of rotatable bonds is 6. The number of nitrogens with one attached hydrogen (secondary N) is 1. The van der Waals surface area contributed by atoms with Gasteiger partial charge in [-0.3, -0.25) is 9.59 Å². The van der Waals surface area contributed by atoms with Gasteiger partial charge in [-0.2, -0.15) is 5.26 Å². The van der Waals surface area contributed by atoms with Gasteiger partial charge >= 0.3 is 0 Å². The van der Waals surface area contributed by atoms with E-state index in [0.29, 0.717) is 5.57 Å². The maximum absolute atomic E-state index is 14.0. The van der Waals surface area contributed by atoms with Crippen molar-refractivity contribution in [1.82, 2.24) is 5.32 Å². The van der Waals surface area contributed by atoms with Gasteiger partial charge in [0.25, 0.3) is 0 Å². The second kappa shape index (κ2) is 9.43. The van der Waals surface area contributed by atoms with Crippen LogP contribution in [0.1, 0.15) is 99.3 Å².